The number of aromatic nitrogens is 1. The zero-order valence-corrected chi connectivity index (χ0v) is 22.4. The molecule has 2 aromatic rings. The van der Waals surface area contributed by atoms with Crippen LogP contribution in [0.25, 0.3) is 0 Å². The molecular weight excluding hydrogens is 492 g/mol. The average Bonchev–Trinajstić information content (AvgIpc) is 2.97. The maximum Gasteiger partial charge on any atom is 0.328 e. The topological polar surface area (TPSA) is 122 Å². The van der Waals surface area contributed by atoms with Gasteiger partial charge in [0.15, 0.2) is 11.4 Å². The van der Waals surface area contributed by atoms with Crippen LogP contribution in [-0.2, 0) is 25.5 Å². The van der Waals surface area contributed by atoms with E-state index in [9.17, 15) is 14.4 Å². The van der Waals surface area contributed by atoms with E-state index in [1.165, 1.54) is 32.0 Å². The highest BCUT2D eigenvalue weighted by Gasteiger charge is 2.30. The third-order valence-corrected chi connectivity index (χ3v) is 6.39. The Morgan fingerprint density at radius 3 is 2.53 bits per heavy atom. The molecule has 10 nitrogen and oxygen atoms in total. The Balaban J connectivity index is 1.69. The van der Waals surface area contributed by atoms with Crippen LogP contribution in [0.5, 0.6) is 17.2 Å². The molecule has 0 saturated carbocycles. The molecule has 1 aromatic heterocycles. The number of hydrogen-bond acceptors (Lipinski definition) is 9. The zero-order valence-electron chi connectivity index (χ0n) is 22.4. The Hall–Kier alpha value is -3.66. The summed E-state index contributed by atoms with van der Waals surface area (Å²) in [6.07, 6.45) is 4.62. The highest BCUT2D eigenvalue weighted by molar-refractivity contribution is 5.98. The van der Waals surface area contributed by atoms with E-state index in [0.717, 1.165) is 31.4 Å². The molecule has 1 aliphatic rings. The van der Waals surface area contributed by atoms with Crippen molar-refractivity contribution in [1.29, 1.82) is 0 Å². The number of rotatable bonds is 10. The molecule has 0 radical (unpaired) electrons. The van der Waals surface area contributed by atoms with Gasteiger partial charge in [-0.15, -0.1) is 0 Å². The van der Waals surface area contributed by atoms with Crippen molar-refractivity contribution in [2.24, 2.45) is 5.92 Å². The van der Waals surface area contributed by atoms with Crippen LogP contribution in [0.15, 0.2) is 36.5 Å². The average molecular weight is 529 g/mol. The summed E-state index contributed by atoms with van der Waals surface area (Å²) in [5.41, 5.74) is 1.03. The summed E-state index contributed by atoms with van der Waals surface area (Å²) >= 11 is 0. The first-order valence-electron chi connectivity index (χ1n) is 12.7. The van der Waals surface area contributed by atoms with Gasteiger partial charge in [0.2, 0.25) is 5.75 Å². The highest BCUT2D eigenvalue weighted by atomic mass is 16.6. The van der Waals surface area contributed by atoms with E-state index in [1.54, 1.807) is 7.11 Å². The van der Waals surface area contributed by atoms with Crippen LogP contribution < -0.4 is 19.5 Å². The van der Waals surface area contributed by atoms with Gasteiger partial charge in [0.25, 0.3) is 5.91 Å². The normalized spacial score (nSPS) is 19.8. The Kier molecular flexibility index (Phi) is 10.9. The Bertz CT molecular complexity index is 1090. The predicted molar refractivity (Wildman–Crippen MR) is 138 cm³/mol. The SMILES string of the molecule is COCCC(=O)Oc1c(OC)ccnc1C(=O)N[C@H]1CCC[C@H](Cc2ccc(OC)cc2)C[C@H](C)OC1=O. The molecule has 1 amide bonds. The molecule has 0 bridgehead atoms. The lowest BCUT2D eigenvalue weighted by molar-refractivity contribution is -0.151. The van der Waals surface area contributed by atoms with Gasteiger partial charge in [-0.3, -0.25) is 9.59 Å². The summed E-state index contributed by atoms with van der Waals surface area (Å²) in [4.78, 5) is 42.5. The smallest absolute Gasteiger partial charge is 0.328 e. The summed E-state index contributed by atoms with van der Waals surface area (Å²) in [5.74, 6) is -0.590. The van der Waals surface area contributed by atoms with Gasteiger partial charge in [-0.25, -0.2) is 9.78 Å². The highest BCUT2D eigenvalue weighted by Crippen LogP contribution is 2.30. The number of amides is 1. The van der Waals surface area contributed by atoms with Gasteiger partial charge in [0.1, 0.15) is 11.8 Å². The van der Waals surface area contributed by atoms with E-state index in [4.69, 9.17) is 23.7 Å². The second-order valence-corrected chi connectivity index (χ2v) is 9.27. The van der Waals surface area contributed by atoms with Crippen molar-refractivity contribution in [3.63, 3.8) is 0 Å². The molecule has 0 spiro atoms. The number of benzene rings is 1. The van der Waals surface area contributed by atoms with Crippen LogP contribution in [0.2, 0.25) is 0 Å². The third kappa shape index (κ3) is 8.17. The molecular formula is C28H36N2O8. The van der Waals surface area contributed by atoms with Crippen LogP contribution in [0.3, 0.4) is 0 Å². The number of carbonyl (C=O) groups excluding carboxylic acids is 3. The van der Waals surface area contributed by atoms with E-state index in [2.05, 4.69) is 10.3 Å². The number of methoxy groups -OCH3 is 3. The minimum atomic E-state index is -0.866. The minimum Gasteiger partial charge on any atom is -0.497 e. The minimum absolute atomic E-state index is 0.0138. The van der Waals surface area contributed by atoms with Crippen LogP contribution >= 0.6 is 0 Å². The molecule has 1 N–H and O–H groups in total. The summed E-state index contributed by atoms with van der Waals surface area (Å²) in [7, 11) is 4.50. The fraction of sp³-hybridized carbons (Fsp3) is 0.500. The van der Waals surface area contributed by atoms with Crippen molar-refractivity contribution in [1.82, 2.24) is 10.3 Å². The van der Waals surface area contributed by atoms with Crippen LogP contribution in [-0.4, -0.2) is 62.9 Å². The summed E-state index contributed by atoms with van der Waals surface area (Å²) < 4.78 is 26.5. The first-order valence-corrected chi connectivity index (χ1v) is 12.7. The van der Waals surface area contributed by atoms with Gasteiger partial charge < -0.3 is 29.0 Å². The Labute approximate surface area is 223 Å². The van der Waals surface area contributed by atoms with Crippen LogP contribution in [0.1, 0.15) is 55.1 Å². The molecule has 1 aromatic carbocycles. The number of nitrogens with zero attached hydrogens (tertiary/aromatic N) is 1. The molecule has 206 valence electrons. The predicted octanol–water partition coefficient (Wildman–Crippen LogP) is 3.50. The second kappa shape index (κ2) is 14.3. The standard InChI is InChI=1S/C28H36N2O8/c1-18-16-20(17-19-8-10-21(35-3)11-9-19)6-5-7-22(28(33)37-18)30-27(32)25-26(23(36-4)12-14-29-25)38-24(31)13-15-34-2/h8-12,14,18,20,22H,5-7,13,15-17H2,1-4H3,(H,30,32)/t18-,20-,22-/m0/s1. The molecule has 38 heavy (non-hydrogen) atoms. The number of esters is 2. The molecule has 1 aliphatic heterocycles. The van der Waals surface area contributed by atoms with Gasteiger partial charge in [0, 0.05) is 19.4 Å². The molecule has 1 fully saturated rings. The Morgan fingerprint density at radius 2 is 1.84 bits per heavy atom. The van der Waals surface area contributed by atoms with E-state index in [1.807, 2.05) is 31.2 Å². The van der Waals surface area contributed by atoms with E-state index in [0.29, 0.717) is 12.3 Å². The maximum absolute atomic E-state index is 13.2. The van der Waals surface area contributed by atoms with Gasteiger partial charge >= 0.3 is 11.9 Å². The molecule has 3 rings (SSSR count). The summed E-state index contributed by atoms with van der Waals surface area (Å²) in [6, 6.07) is 8.59. The van der Waals surface area contributed by atoms with Crippen molar-refractivity contribution in [2.75, 3.05) is 27.9 Å². The fourth-order valence-corrected chi connectivity index (χ4v) is 4.48. The molecule has 3 atom stereocenters. The van der Waals surface area contributed by atoms with E-state index >= 15 is 0 Å². The van der Waals surface area contributed by atoms with Crippen molar-refractivity contribution in [2.45, 2.75) is 57.6 Å². The molecule has 2 heterocycles. The number of carbonyl (C=O) groups is 3. The largest absolute Gasteiger partial charge is 0.497 e. The maximum atomic E-state index is 13.2. The van der Waals surface area contributed by atoms with Crippen LogP contribution in [0.4, 0.5) is 0 Å². The lowest BCUT2D eigenvalue weighted by Gasteiger charge is -2.21. The summed E-state index contributed by atoms with van der Waals surface area (Å²) in [5, 5.41) is 2.72. The third-order valence-electron chi connectivity index (χ3n) is 6.39. The van der Waals surface area contributed by atoms with Gasteiger partial charge in [0.05, 0.1) is 33.4 Å². The first kappa shape index (κ1) is 28.9. The number of ether oxygens (including phenoxy) is 5. The first-order chi connectivity index (χ1) is 18.3. The summed E-state index contributed by atoms with van der Waals surface area (Å²) in [6.45, 7) is 2.03. The van der Waals surface area contributed by atoms with Gasteiger partial charge in [-0.05, 0) is 56.2 Å². The monoisotopic (exact) mass is 528 g/mol. The van der Waals surface area contributed by atoms with Crippen LogP contribution in [0, 0.1) is 5.92 Å². The zero-order chi connectivity index (χ0) is 27.5. The molecule has 1 saturated heterocycles. The number of cyclic esters (lactones) is 1. The lowest BCUT2D eigenvalue weighted by atomic mass is 9.89. The lowest BCUT2D eigenvalue weighted by Crippen LogP contribution is -2.43. The van der Waals surface area contributed by atoms with Crippen molar-refractivity contribution in [3.8, 4) is 17.2 Å². The number of hydrogen-bond donors (Lipinski definition) is 1. The Morgan fingerprint density at radius 1 is 1.08 bits per heavy atom. The van der Waals surface area contributed by atoms with E-state index in [-0.39, 0.29) is 36.3 Å². The molecule has 0 aliphatic carbocycles. The number of nitrogens with one attached hydrogen (secondary N) is 1. The second-order valence-electron chi connectivity index (χ2n) is 9.27. The number of pyridine rings is 1. The van der Waals surface area contributed by atoms with E-state index < -0.39 is 23.9 Å². The van der Waals surface area contributed by atoms with Gasteiger partial charge in [-0.1, -0.05) is 18.6 Å². The molecule has 0 unspecified atom stereocenters. The van der Waals surface area contributed by atoms with Gasteiger partial charge in [-0.2, -0.15) is 0 Å². The fourth-order valence-electron chi connectivity index (χ4n) is 4.48. The molecule has 10 heteroatoms. The quantitative estimate of drug-likeness (QED) is 0.462. The van der Waals surface area contributed by atoms with Crippen molar-refractivity contribution < 1.29 is 38.1 Å². The van der Waals surface area contributed by atoms with Crippen molar-refractivity contribution >= 4 is 17.8 Å². The van der Waals surface area contributed by atoms with Crippen molar-refractivity contribution in [3.05, 3.63) is 47.8 Å².